The van der Waals surface area contributed by atoms with Crippen LogP contribution in [0, 0.1) is 0 Å². The summed E-state index contributed by atoms with van der Waals surface area (Å²) in [5.74, 6) is 0.847. The van der Waals surface area contributed by atoms with E-state index >= 15 is 0 Å². The minimum Gasteiger partial charge on any atom is -0.466 e. The van der Waals surface area contributed by atoms with Gasteiger partial charge in [0.05, 0.1) is 44.1 Å². The number of benzene rings is 2. The van der Waals surface area contributed by atoms with Crippen LogP contribution in [-0.4, -0.2) is 73.3 Å². The van der Waals surface area contributed by atoms with Gasteiger partial charge in [-0.25, -0.2) is 9.79 Å². The van der Waals surface area contributed by atoms with Crippen molar-refractivity contribution in [2.24, 2.45) is 4.99 Å². The van der Waals surface area contributed by atoms with Gasteiger partial charge in [0.15, 0.2) is 5.17 Å². The van der Waals surface area contributed by atoms with Crippen LogP contribution in [0.15, 0.2) is 82.0 Å². The fourth-order valence-electron chi connectivity index (χ4n) is 5.01. The lowest BCUT2D eigenvalue weighted by Crippen LogP contribution is -2.42. The van der Waals surface area contributed by atoms with Crippen LogP contribution in [0.25, 0.3) is 0 Å². The number of carbonyl (C=O) groups is 2. The van der Waals surface area contributed by atoms with Crippen molar-refractivity contribution in [2.45, 2.75) is 25.8 Å². The average Bonchev–Trinajstić information content (AvgIpc) is 3.38. The third-order valence-electron chi connectivity index (χ3n) is 6.98. The van der Waals surface area contributed by atoms with Crippen LogP contribution < -0.4 is 10.1 Å². The largest absolute Gasteiger partial charge is 0.466 e. The number of allylic oxidation sites excluding steroid dienone is 1. The third-order valence-corrected chi connectivity index (χ3v) is 7.87. The van der Waals surface area contributed by atoms with Crippen molar-refractivity contribution in [2.75, 3.05) is 46.5 Å². The number of aliphatic imine (C=N–C) groups is 1. The smallest absolute Gasteiger partial charge is 0.338 e. The summed E-state index contributed by atoms with van der Waals surface area (Å²) in [6, 6.07) is 16.7. The number of fused-ring (bicyclic) bond motifs is 1. The number of hydrogen-bond acceptors (Lipinski definition) is 9. The molecule has 3 aliphatic heterocycles. The van der Waals surface area contributed by atoms with Gasteiger partial charge in [-0.1, -0.05) is 49.0 Å². The van der Waals surface area contributed by atoms with E-state index in [0.717, 1.165) is 55.0 Å². The van der Waals surface area contributed by atoms with E-state index in [-0.39, 0.29) is 12.3 Å². The summed E-state index contributed by atoms with van der Waals surface area (Å²) in [5, 5.41) is 5.73. The number of para-hydroxylation sites is 1. The van der Waals surface area contributed by atoms with Crippen LogP contribution in [0.3, 0.4) is 0 Å². The highest BCUT2D eigenvalue weighted by atomic mass is 32.2. The Morgan fingerprint density at radius 2 is 1.88 bits per heavy atom. The summed E-state index contributed by atoms with van der Waals surface area (Å²) in [5.41, 5.74) is 2.76. The second-order valence-electron chi connectivity index (χ2n) is 9.57. The lowest BCUT2D eigenvalue weighted by Gasteiger charge is -2.36. The van der Waals surface area contributed by atoms with Crippen LogP contribution in [0.4, 0.5) is 0 Å². The van der Waals surface area contributed by atoms with E-state index in [0.29, 0.717) is 30.0 Å². The second kappa shape index (κ2) is 13.2. The summed E-state index contributed by atoms with van der Waals surface area (Å²) in [6.45, 7) is 6.53. The van der Waals surface area contributed by atoms with Gasteiger partial charge in [-0.15, -0.1) is 0 Å². The summed E-state index contributed by atoms with van der Waals surface area (Å²) in [4.78, 5) is 35.3. The van der Waals surface area contributed by atoms with E-state index in [2.05, 4.69) is 10.2 Å². The fraction of sp³-hybridized carbons (Fsp3) is 0.367. The monoisotopic (exact) mass is 562 g/mol. The van der Waals surface area contributed by atoms with Crippen molar-refractivity contribution in [1.29, 1.82) is 0 Å². The first-order chi connectivity index (χ1) is 19.6. The molecule has 3 heterocycles. The molecule has 1 atom stereocenters. The maximum Gasteiger partial charge on any atom is 0.338 e. The van der Waals surface area contributed by atoms with Crippen molar-refractivity contribution in [3.05, 3.63) is 82.5 Å². The molecule has 210 valence electrons. The van der Waals surface area contributed by atoms with Gasteiger partial charge in [-0.2, -0.15) is 0 Å². The van der Waals surface area contributed by atoms with Crippen molar-refractivity contribution in [3.8, 4) is 11.5 Å². The highest BCUT2D eigenvalue weighted by Crippen LogP contribution is 2.46. The molecule has 40 heavy (non-hydrogen) atoms. The fourth-order valence-corrected chi connectivity index (χ4v) is 5.94. The van der Waals surface area contributed by atoms with Gasteiger partial charge in [0.1, 0.15) is 11.5 Å². The first kappa shape index (κ1) is 27.9. The van der Waals surface area contributed by atoms with Gasteiger partial charge in [0, 0.05) is 31.9 Å². The lowest BCUT2D eigenvalue weighted by molar-refractivity contribution is -0.136. The number of amides is 1. The predicted molar refractivity (Wildman–Crippen MR) is 155 cm³/mol. The van der Waals surface area contributed by atoms with Crippen LogP contribution in [-0.2, 0) is 19.1 Å². The minimum absolute atomic E-state index is 0.0776. The van der Waals surface area contributed by atoms with Crippen molar-refractivity contribution in [1.82, 2.24) is 15.1 Å². The molecule has 1 amide bonds. The summed E-state index contributed by atoms with van der Waals surface area (Å²) < 4.78 is 16.7. The van der Waals surface area contributed by atoms with Gasteiger partial charge in [0.2, 0.25) is 5.91 Å². The molecule has 0 saturated carbocycles. The van der Waals surface area contributed by atoms with Gasteiger partial charge >= 0.3 is 5.97 Å². The van der Waals surface area contributed by atoms with Gasteiger partial charge in [-0.05, 0) is 41.7 Å². The third kappa shape index (κ3) is 6.41. The van der Waals surface area contributed by atoms with Crippen LogP contribution in [0.1, 0.15) is 31.4 Å². The Balaban J connectivity index is 1.39. The summed E-state index contributed by atoms with van der Waals surface area (Å²) >= 11 is 1.46. The number of ether oxygens (including phenoxy) is 3. The molecule has 2 aromatic carbocycles. The standard InChI is InChI=1S/C30H34N4O5S/c1-3-25-27(29(36)37-2)28(21-8-7-11-24(18-21)39-23-9-5-4-6-10-23)34-22(20-40-30(34)32-25)19-26(35)31-12-13-33-14-16-38-17-15-33/h4-11,18,20,28H,3,12-17,19H2,1-2H3,(H,31,35)/t28-/m1/s1. The molecule has 0 bridgehead atoms. The molecule has 1 saturated heterocycles. The molecular formula is C30H34N4O5S. The highest BCUT2D eigenvalue weighted by molar-refractivity contribution is 8.16. The Morgan fingerprint density at radius 3 is 2.62 bits per heavy atom. The Bertz CT molecular complexity index is 1320. The number of rotatable bonds is 10. The van der Waals surface area contributed by atoms with E-state index in [4.69, 9.17) is 19.2 Å². The molecule has 1 N–H and O–H groups in total. The number of amidine groups is 1. The van der Waals surface area contributed by atoms with E-state index in [1.54, 1.807) is 0 Å². The Kier molecular flexibility index (Phi) is 9.20. The molecule has 3 aliphatic rings. The zero-order valence-corrected chi connectivity index (χ0v) is 23.6. The predicted octanol–water partition coefficient (Wildman–Crippen LogP) is 4.46. The SMILES string of the molecule is CCC1=C(C(=O)OC)[C@@H](c2cccc(Oc3ccccc3)c2)N2C(CC(=O)NCCN3CCOCC3)=CSC2=N1. The quantitative estimate of drug-likeness (QED) is 0.425. The molecule has 2 aromatic rings. The maximum atomic E-state index is 13.2. The number of nitrogens with zero attached hydrogens (tertiary/aromatic N) is 3. The Labute approximate surface area is 238 Å². The molecule has 9 nitrogen and oxygen atoms in total. The van der Waals surface area contributed by atoms with E-state index in [9.17, 15) is 9.59 Å². The van der Waals surface area contributed by atoms with Crippen LogP contribution in [0.2, 0.25) is 0 Å². The molecule has 1 fully saturated rings. The zero-order valence-electron chi connectivity index (χ0n) is 22.8. The van der Waals surface area contributed by atoms with Crippen LogP contribution in [0.5, 0.6) is 11.5 Å². The topological polar surface area (TPSA) is 92.7 Å². The minimum atomic E-state index is -0.517. The molecule has 0 spiro atoms. The van der Waals surface area contributed by atoms with Crippen molar-refractivity contribution < 1.29 is 23.8 Å². The molecule has 0 unspecified atom stereocenters. The van der Waals surface area contributed by atoms with Gasteiger partial charge < -0.3 is 24.4 Å². The number of esters is 1. The number of carbonyl (C=O) groups excluding carboxylic acids is 2. The summed E-state index contributed by atoms with van der Waals surface area (Å²) in [6.07, 6.45) is 0.734. The number of methoxy groups -OCH3 is 1. The molecule has 0 aliphatic carbocycles. The lowest BCUT2D eigenvalue weighted by atomic mass is 9.92. The van der Waals surface area contributed by atoms with E-state index < -0.39 is 12.0 Å². The summed E-state index contributed by atoms with van der Waals surface area (Å²) in [7, 11) is 1.38. The average molecular weight is 563 g/mol. The van der Waals surface area contributed by atoms with Crippen molar-refractivity contribution in [3.63, 3.8) is 0 Å². The molecule has 10 heteroatoms. The zero-order chi connectivity index (χ0) is 27.9. The molecule has 5 rings (SSSR count). The molecule has 0 radical (unpaired) electrons. The normalized spacial score (nSPS) is 19.1. The number of nitrogens with one attached hydrogen (secondary N) is 1. The second-order valence-corrected chi connectivity index (χ2v) is 10.4. The molecular weight excluding hydrogens is 528 g/mol. The first-order valence-electron chi connectivity index (χ1n) is 13.5. The van der Waals surface area contributed by atoms with Gasteiger partial charge in [0.25, 0.3) is 0 Å². The molecule has 0 aromatic heterocycles. The maximum absolute atomic E-state index is 13.2. The Morgan fingerprint density at radius 1 is 1.10 bits per heavy atom. The van der Waals surface area contributed by atoms with Gasteiger partial charge in [-0.3, -0.25) is 9.69 Å². The number of thioether (sulfide) groups is 1. The van der Waals surface area contributed by atoms with Crippen molar-refractivity contribution >= 4 is 28.8 Å². The highest BCUT2D eigenvalue weighted by Gasteiger charge is 2.41. The first-order valence-corrected chi connectivity index (χ1v) is 14.4. The van der Waals surface area contributed by atoms with E-state index in [1.807, 2.05) is 71.8 Å². The number of hydrogen-bond donors (Lipinski definition) is 1. The van der Waals surface area contributed by atoms with Crippen LogP contribution >= 0.6 is 11.8 Å². The Hall–Kier alpha value is -3.60. The number of morpholine rings is 1. The van der Waals surface area contributed by atoms with E-state index in [1.165, 1.54) is 18.9 Å².